The average molecular weight is 1090 g/mol. The summed E-state index contributed by atoms with van der Waals surface area (Å²) in [5.41, 5.74) is 0. The summed E-state index contributed by atoms with van der Waals surface area (Å²) in [7, 11) is 0. The molecule has 1 rings (SSSR count). The molecule has 0 spiro atoms. The van der Waals surface area contributed by atoms with E-state index in [0.717, 1.165) is 109 Å². The van der Waals surface area contributed by atoms with E-state index in [-0.39, 0.29) is 25.9 Å². The van der Waals surface area contributed by atoms with Gasteiger partial charge in [0.2, 0.25) is 0 Å². The minimum absolute atomic E-state index is 0.0319. The first-order valence-electron chi connectivity index (χ1n) is 31.3. The summed E-state index contributed by atoms with van der Waals surface area (Å²) in [5.74, 6) is -3.15. The first kappa shape index (κ1) is 71.4. The van der Waals surface area contributed by atoms with Gasteiger partial charge in [0.05, 0.1) is 6.61 Å². The minimum atomic E-state index is -1.91. The number of aliphatic carboxylic acids is 1. The zero-order valence-corrected chi connectivity index (χ0v) is 49.0. The van der Waals surface area contributed by atoms with Gasteiger partial charge in [-0.1, -0.05) is 242 Å². The lowest BCUT2D eigenvalue weighted by atomic mass is 9.98. The quantitative estimate of drug-likeness (QED) is 0.0228. The summed E-state index contributed by atoms with van der Waals surface area (Å²) < 4.78 is 28.4. The predicted molar refractivity (Wildman–Crippen MR) is 312 cm³/mol. The van der Waals surface area contributed by atoms with Crippen molar-refractivity contribution >= 4 is 23.9 Å². The van der Waals surface area contributed by atoms with Crippen LogP contribution in [0.5, 0.6) is 0 Å². The van der Waals surface area contributed by atoms with Gasteiger partial charge in [-0.2, -0.15) is 0 Å². The molecule has 1 saturated heterocycles. The number of carbonyl (C=O) groups is 4. The molecule has 1 aliphatic rings. The fourth-order valence-electron chi connectivity index (χ4n) is 9.28. The number of ether oxygens (including phenoxy) is 5. The molecular formula is C65H112O12. The van der Waals surface area contributed by atoms with Crippen molar-refractivity contribution in [2.24, 2.45) is 0 Å². The molecular weight excluding hydrogens is 973 g/mol. The van der Waals surface area contributed by atoms with Crippen LogP contribution in [0.4, 0.5) is 0 Å². The first-order chi connectivity index (χ1) is 37.6. The molecule has 0 amide bonds. The molecule has 0 aliphatic carbocycles. The summed E-state index contributed by atoms with van der Waals surface area (Å²) in [5, 5.41) is 31.5. The number of allylic oxidation sites excluding steroid dienone is 10. The second kappa shape index (κ2) is 53.1. The number of aliphatic hydroxyl groups is 2. The summed E-state index contributed by atoms with van der Waals surface area (Å²) in [6.07, 6.45) is 53.4. The number of carbonyl (C=O) groups excluding carboxylic acids is 3. The number of carboxylic acid groups (broad SMARTS) is 1. The monoisotopic (exact) mass is 1080 g/mol. The molecule has 1 heterocycles. The van der Waals surface area contributed by atoms with Crippen LogP contribution in [0.2, 0.25) is 0 Å². The smallest absolute Gasteiger partial charge is 0.335 e. The largest absolute Gasteiger partial charge is 0.479 e. The van der Waals surface area contributed by atoms with Gasteiger partial charge in [0, 0.05) is 19.3 Å². The summed E-state index contributed by atoms with van der Waals surface area (Å²) in [4.78, 5) is 51.2. The second-order valence-electron chi connectivity index (χ2n) is 21.3. The number of rotatable bonds is 53. The van der Waals surface area contributed by atoms with Crippen LogP contribution in [0.1, 0.15) is 278 Å². The molecule has 1 fully saturated rings. The summed E-state index contributed by atoms with van der Waals surface area (Å²) in [6.45, 7) is 5.85. The zero-order chi connectivity index (χ0) is 56.1. The maximum absolute atomic E-state index is 13.1. The molecule has 6 atom stereocenters. The van der Waals surface area contributed by atoms with E-state index in [1.165, 1.54) is 109 Å². The van der Waals surface area contributed by atoms with Crippen molar-refractivity contribution in [3.63, 3.8) is 0 Å². The Morgan fingerprint density at radius 3 is 1.30 bits per heavy atom. The predicted octanol–water partition coefficient (Wildman–Crippen LogP) is 16.3. The van der Waals surface area contributed by atoms with Gasteiger partial charge in [-0.25, -0.2) is 4.79 Å². The van der Waals surface area contributed by atoms with Crippen LogP contribution in [0.15, 0.2) is 60.8 Å². The van der Waals surface area contributed by atoms with E-state index in [2.05, 4.69) is 81.5 Å². The van der Waals surface area contributed by atoms with Crippen LogP contribution in [-0.4, -0.2) is 89.2 Å². The molecule has 3 N–H and O–H groups in total. The van der Waals surface area contributed by atoms with Gasteiger partial charge in [0.15, 0.2) is 24.6 Å². The average Bonchev–Trinajstić information content (AvgIpc) is 3.42. The van der Waals surface area contributed by atoms with Gasteiger partial charge < -0.3 is 39.0 Å². The van der Waals surface area contributed by atoms with Gasteiger partial charge in [0.1, 0.15) is 18.8 Å². The van der Waals surface area contributed by atoms with Crippen molar-refractivity contribution in [1.29, 1.82) is 0 Å². The molecule has 0 bridgehead atoms. The van der Waals surface area contributed by atoms with Crippen molar-refractivity contribution < 1.29 is 58.2 Å². The highest BCUT2D eigenvalue weighted by atomic mass is 16.7. The number of esters is 3. The highest BCUT2D eigenvalue weighted by Gasteiger charge is 2.50. The Balaban J connectivity index is 2.64. The van der Waals surface area contributed by atoms with Crippen molar-refractivity contribution in [2.45, 2.75) is 314 Å². The minimum Gasteiger partial charge on any atom is -0.479 e. The lowest BCUT2D eigenvalue weighted by Gasteiger charge is -2.40. The van der Waals surface area contributed by atoms with Crippen molar-refractivity contribution in [3.05, 3.63) is 60.8 Å². The lowest BCUT2D eigenvalue weighted by Crippen LogP contribution is -2.61. The molecule has 0 radical (unpaired) electrons. The lowest BCUT2D eigenvalue weighted by molar-refractivity contribution is -0.301. The topological polar surface area (TPSA) is 175 Å². The number of carboxylic acids is 1. The van der Waals surface area contributed by atoms with E-state index in [0.29, 0.717) is 19.3 Å². The third-order valence-corrected chi connectivity index (χ3v) is 14.1. The molecule has 12 heteroatoms. The summed E-state index contributed by atoms with van der Waals surface area (Å²) in [6, 6.07) is 0. The maximum Gasteiger partial charge on any atom is 0.335 e. The fraction of sp³-hybridized carbons (Fsp3) is 0.785. The molecule has 0 aromatic rings. The van der Waals surface area contributed by atoms with E-state index in [1.54, 1.807) is 0 Å². The van der Waals surface area contributed by atoms with Crippen LogP contribution in [0.3, 0.4) is 0 Å². The second-order valence-corrected chi connectivity index (χ2v) is 21.3. The standard InChI is InChI=1S/C65H112O12/c1-4-7-10-13-16-19-22-24-26-28-29-31-32-34-37-39-42-45-48-51-57(66)73-54-56(75-58(67)52-49-46-43-40-36-21-18-15-12-9-6-3)55-74-65-63(61(70)60(69)62(77-65)64(71)72)76-59(68)53-50-47-44-41-38-35-33-30-27-25-23-20-17-14-11-8-5-2/h8,11,15,17-18,20,25,27,33,35,56,60-63,65,69-70H,4-7,9-10,12-14,16,19,21-24,26,28-32,34,36-55H2,1-3H3,(H,71,72)/b11-8-,18-15-,20-17-,27-25-,35-33-. The molecule has 444 valence electrons. The zero-order valence-electron chi connectivity index (χ0n) is 49.0. The first-order valence-corrected chi connectivity index (χ1v) is 31.3. The molecule has 12 nitrogen and oxygen atoms in total. The van der Waals surface area contributed by atoms with Gasteiger partial charge >= 0.3 is 23.9 Å². The number of aliphatic hydroxyl groups excluding tert-OH is 2. The Bertz CT molecular complexity index is 1570. The van der Waals surface area contributed by atoms with Crippen molar-refractivity contribution in [1.82, 2.24) is 0 Å². The van der Waals surface area contributed by atoms with E-state index >= 15 is 0 Å². The van der Waals surface area contributed by atoms with Crippen LogP contribution in [-0.2, 0) is 42.9 Å². The molecule has 6 unspecified atom stereocenters. The van der Waals surface area contributed by atoms with Gasteiger partial charge in [-0.3, -0.25) is 14.4 Å². The van der Waals surface area contributed by atoms with Crippen LogP contribution >= 0.6 is 0 Å². The van der Waals surface area contributed by atoms with Crippen LogP contribution < -0.4 is 0 Å². The molecule has 0 aromatic carbocycles. The molecule has 77 heavy (non-hydrogen) atoms. The third kappa shape index (κ3) is 43.0. The van der Waals surface area contributed by atoms with Crippen molar-refractivity contribution in [2.75, 3.05) is 13.2 Å². The van der Waals surface area contributed by atoms with Gasteiger partial charge in [-0.15, -0.1) is 0 Å². The van der Waals surface area contributed by atoms with E-state index in [9.17, 15) is 34.5 Å². The molecule has 0 aromatic heterocycles. The number of hydrogen-bond acceptors (Lipinski definition) is 11. The van der Waals surface area contributed by atoms with E-state index < -0.39 is 67.3 Å². The Labute approximate surface area is 468 Å². The normalized spacial score (nSPS) is 18.4. The third-order valence-electron chi connectivity index (χ3n) is 14.1. The highest BCUT2D eigenvalue weighted by Crippen LogP contribution is 2.26. The van der Waals surface area contributed by atoms with Gasteiger partial charge in [-0.05, 0) is 77.0 Å². The van der Waals surface area contributed by atoms with E-state index in [1.807, 2.05) is 0 Å². The Morgan fingerprint density at radius 1 is 0.442 bits per heavy atom. The summed E-state index contributed by atoms with van der Waals surface area (Å²) >= 11 is 0. The maximum atomic E-state index is 13.1. The van der Waals surface area contributed by atoms with Crippen LogP contribution in [0.25, 0.3) is 0 Å². The Kier molecular flexibility index (Phi) is 49.2. The number of hydrogen-bond donors (Lipinski definition) is 3. The Morgan fingerprint density at radius 2 is 0.831 bits per heavy atom. The number of unbranched alkanes of at least 4 members (excludes halogenated alkanes) is 29. The fourth-order valence-corrected chi connectivity index (χ4v) is 9.28. The molecule has 1 aliphatic heterocycles. The van der Waals surface area contributed by atoms with Gasteiger partial charge in [0.25, 0.3) is 0 Å². The van der Waals surface area contributed by atoms with Crippen LogP contribution in [0, 0.1) is 0 Å². The highest BCUT2D eigenvalue weighted by molar-refractivity contribution is 5.74. The SMILES string of the molecule is CC/C=C\C/C=C\C/C=C\C/C=C\CCCCCCC(=O)OC1C(OCC(COC(=O)CCCCCCCCCCCCCCCCCCCCC)OC(=O)CCCCCCC/C=C\CCCC)OC(C(=O)O)C(O)C1O. The van der Waals surface area contributed by atoms with E-state index in [4.69, 9.17) is 23.7 Å². The Hall–Kier alpha value is -3.58. The molecule has 0 saturated carbocycles. The van der Waals surface area contributed by atoms with Crippen molar-refractivity contribution in [3.8, 4) is 0 Å².